The van der Waals surface area contributed by atoms with Crippen molar-refractivity contribution in [1.82, 2.24) is 49.7 Å². The maximum absolute atomic E-state index is 13.0. The van der Waals surface area contributed by atoms with Crippen molar-refractivity contribution in [2.75, 3.05) is 13.1 Å². The fourth-order valence-electron chi connectivity index (χ4n) is 6.10. The summed E-state index contributed by atoms with van der Waals surface area (Å²) in [6, 6.07) is 8.86. The Balaban J connectivity index is 0.000000152. The van der Waals surface area contributed by atoms with Gasteiger partial charge in [-0.3, -0.25) is 19.6 Å². The Bertz CT molecular complexity index is 2190. The molecule has 2 N–H and O–H groups in total. The van der Waals surface area contributed by atoms with E-state index in [1.54, 1.807) is 23.5 Å². The number of nitrogens with one attached hydrogen (secondary N) is 2. The van der Waals surface area contributed by atoms with Crippen molar-refractivity contribution in [3.63, 3.8) is 0 Å². The van der Waals surface area contributed by atoms with E-state index >= 15 is 0 Å². The van der Waals surface area contributed by atoms with E-state index in [4.69, 9.17) is 11.6 Å². The Kier molecular flexibility index (Phi) is 8.25. The number of rotatable bonds is 3. The third kappa shape index (κ3) is 5.72. The lowest BCUT2D eigenvalue weighted by Crippen LogP contribution is -2.39. The predicted molar refractivity (Wildman–Crippen MR) is 173 cm³/mol. The van der Waals surface area contributed by atoms with E-state index in [0.717, 1.165) is 34.5 Å². The summed E-state index contributed by atoms with van der Waals surface area (Å²) < 4.78 is 26.1. The molecule has 6 aromatic rings. The number of halogens is 3. The fourth-order valence-corrected chi connectivity index (χ4v) is 6.24. The monoisotopic (exact) mass is 670 g/mol. The molecule has 1 unspecified atom stereocenters. The first-order chi connectivity index (χ1) is 23.2. The van der Waals surface area contributed by atoms with Crippen molar-refractivity contribution in [2.45, 2.75) is 45.7 Å². The van der Waals surface area contributed by atoms with Crippen LogP contribution in [0.15, 0.2) is 55.1 Å². The molecule has 2 amide bonds. The van der Waals surface area contributed by atoms with Crippen molar-refractivity contribution < 1.29 is 18.4 Å². The average Bonchev–Trinajstić information content (AvgIpc) is 3.75. The molecule has 0 fully saturated rings. The molecule has 1 atom stereocenters. The number of aromatic amines is 2. The summed E-state index contributed by atoms with van der Waals surface area (Å²) in [5.41, 5.74) is 6.19. The number of aryl methyl sites for hydroxylation is 1. The summed E-state index contributed by atoms with van der Waals surface area (Å²) in [7, 11) is 0. The van der Waals surface area contributed by atoms with Gasteiger partial charge in [0.15, 0.2) is 22.9 Å². The van der Waals surface area contributed by atoms with Crippen LogP contribution in [-0.4, -0.2) is 74.6 Å². The van der Waals surface area contributed by atoms with E-state index in [-0.39, 0.29) is 40.4 Å². The first-order valence-corrected chi connectivity index (χ1v) is 15.7. The number of hydrogen-bond acceptors (Lipinski definition) is 8. The summed E-state index contributed by atoms with van der Waals surface area (Å²) in [6.45, 7) is 5.45. The van der Waals surface area contributed by atoms with Crippen LogP contribution in [0.5, 0.6) is 0 Å². The second-order valence-electron chi connectivity index (χ2n) is 11.5. The number of carbonyl (C=O) groups excluding carboxylic acids is 2. The predicted octanol–water partition coefficient (Wildman–Crippen LogP) is 5.56. The SMILES string of the molecule is Cc1c(Cl)cnc2nc(C(=O)N3CCc4ncccc4C3C)[nH]c12.O=C(c1nc2nccc(C(F)F)c2[nH]1)N1CCc2ncccc2C1. The third-order valence-electron chi connectivity index (χ3n) is 8.73. The van der Waals surface area contributed by atoms with Gasteiger partial charge in [-0.15, -0.1) is 0 Å². The van der Waals surface area contributed by atoms with Crippen LogP contribution in [0.3, 0.4) is 0 Å². The van der Waals surface area contributed by atoms with Gasteiger partial charge in [-0.1, -0.05) is 23.7 Å². The third-order valence-corrected chi connectivity index (χ3v) is 9.11. The van der Waals surface area contributed by atoms with Gasteiger partial charge in [0.05, 0.1) is 22.1 Å². The maximum atomic E-state index is 13.0. The quantitative estimate of drug-likeness (QED) is 0.248. The van der Waals surface area contributed by atoms with Gasteiger partial charge in [0.25, 0.3) is 18.2 Å². The highest BCUT2D eigenvalue weighted by atomic mass is 35.5. The molecule has 8 rings (SSSR count). The molecule has 0 aliphatic carbocycles. The molecule has 48 heavy (non-hydrogen) atoms. The van der Waals surface area contributed by atoms with Crippen LogP contribution in [0.1, 0.15) is 74.3 Å². The largest absolute Gasteiger partial charge is 0.332 e. The van der Waals surface area contributed by atoms with Crippen molar-refractivity contribution in [3.05, 3.63) is 105 Å². The van der Waals surface area contributed by atoms with Gasteiger partial charge in [0.1, 0.15) is 0 Å². The van der Waals surface area contributed by atoms with E-state index in [1.165, 1.54) is 12.3 Å². The van der Waals surface area contributed by atoms with Gasteiger partial charge in [-0.25, -0.2) is 28.7 Å². The molecule has 0 spiro atoms. The van der Waals surface area contributed by atoms with E-state index < -0.39 is 6.43 Å². The van der Waals surface area contributed by atoms with Gasteiger partial charge < -0.3 is 19.8 Å². The van der Waals surface area contributed by atoms with Crippen LogP contribution in [0, 0.1) is 6.92 Å². The molecule has 244 valence electrons. The van der Waals surface area contributed by atoms with Gasteiger partial charge >= 0.3 is 0 Å². The summed E-state index contributed by atoms with van der Waals surface area (Å²) in [4.78, 5) is 60.1. The van der Waals surface area contributed by atoms with Gasteiger partial charge in [0.2, 0.25) is 0 Å². The summed E-state index contributed by atoms with van der Waals surface area (Å²) in [5, 5.41) is 0.552. The number of carbonyl (C=O) groups is 2. The van der Waals surface area contributed by atoms with E-state index in [1.807, 2.05) is 43.0 Å². The highest BCUT2D eigenvalue weighted by Gasteiger charge is 2.31. The lowest BCUT2D eigenvalue weighted by atomic mass is 9.98. The Labute approximate surface area is 277 Å². The van der Waals surface area contributed by atoms with E-state index in [9.17, 15) is 18.4 Å². The van der Waals surface area contributed by atoms with Crippen LogP contribution >= 0.6 is 11.6 Å². The number of nitrogens with zero attached hydrogens (tertiary/aromatic N) is 8. The average molecular weight is 671 g/mol. The molecule has 0 saturated heterocycles. The molecule has 2 aliphatic heterocycles. The Morgan fingerprint density at radius 2 is 1.56 bits per heavy atom. The number of amides is 2. The van der Waals surface area contributed by atoms with Crippen LogP contribution in [0.25, 0.3) is 22.3 Å². The summed E-state index contributed by atoms with van der Waals surface area (Å²) >= 11 is 6.09. The minimum Gasteiger partial charge on any atom is -0.332 e. The standard InChI is InChI=1S/C17H16ClN5O.C16H13F2N5O/c1-9-12(18)8-20-15-14(9)21-16(22-15)17(24)23-7-5-13-11(10(23)2)4-3-6-19-13;17-13(18)10-3-6-20-14-12(10)21-15(22-14)16(24)23-7-4-11-9(8-23)2-1-5-19-11/h3-4,6,8,10H,5,7H2,1-2H3,(H,20,21,22);1-3,5-6,13H,4,7-8H2,(H,20,21,22). The van der Waals surface area contributed by atoms with Crippen LogP contribution in [0.2, 0.25) is 5.02 Å². The number of fused-ring (bicyclic) bond motifs is 4. The van der Waals surface area contributed by atoms with E-state index in [2.05, 4.69) is 39.9 Å². The molecular weight excluding hydrogens is 642 g/mol. The van der Waals surface area contributed by atoms with Gasteiger partial charge in [-0.05, 0) is 48.7 Å². The van der Waals surface area contributed by atoms with Crippen molar-refractivity contribution >= 4 is 45.7 Å². The second kappa shape index (κ2) is 12.7. The lowest BCUT2D eigenvalue weighted by Gasteiger charge is -2.34. The van der Waals surface area contributed by atoms with Crippen LogP contribution < -0.4 is 0 Å². The lowest BCUT2D eigenvalue weighted by molar-refractivity contribution is 0.0664. The van der Waals surface area contributed by atoms with Crippen molar-refractivity contribution in [3.8, 4) is 0 Å². The highest BCUT2D eigenvalue weighted by Crippen LogP contribution is 2.30. The number of H-pyrrole nitrogens is 2. The molecule has 8 heterocycles. The fraction of sp³-hybridized carbons (Fsp3) is 0.273. The van der Waals surface area contributed by atoms with Crippen LogP contribution in [-0.2, 0) is 19.4 Å². The minimum absolute atomic E-state index is 0.0259. The second-order valence-corrected chi connectivity index (χ2v) is 12.0. The first-order valence-electron chi connectivity index (χ1n) is 15.3. The molecule has 0 bridgehead atoms. The molecule has 2 aliphatic rings. The van der Waals surface area contributed by atoms with Gasteiger partial charge in [-0.2, -0.15) is 0 Å². The Morgan fingerprint density at radius 1 is 0.875 bits per heavy atom. The van der Waals surface area contributed by atoms with Crippen LogP contribution in [0.4, 0.5) is 8.78 Å². The summed E-state index contributed by atoms with van der Waals surface area (Å²) in [5.74, 6) is -0.145. The molecular formula is C33H29ClF2N10O2. The smallest absolute Gasteiger partial charge is 0.290 e. The zero-order chi connectivity index (χ0) is 33.5. The first kappa shape index (κ1) is 31.2. The van der Waals surface area contributed by atoms with Crippen molar-refractivity contribution in [2.24, 2.45) is 0 Å². The normalized spacial score (nSPS) is 15.7. The number of aromatic nitrogens is 8. The van der Waals surface area contributed by atoms with Gasteiger partial charge in [0, 0.05) is 74.2 Å². The molecule has 0 radical (unpaired) electrons. The molecule has 15 heteroatoms. The zero-order valence-electron chi connectivity index (χ0n) is 25.9. The summed E-state index contributed by atoms with van der Waals surface area (Å²) in [6.07, 6.45) is 5.08. The number of alkyl halides is 2. The Hall–Kier alpha value is -5.37. The Morgan fingerprint density at radius 3 is 2.35 bits per heavy atom. The molecule has 0 aromatic carbocycles. The molecule has 12 nitrogen and oxygen atoms in total. The topological polar surface area (TPSA) is 150 Å². The van der Waals surface area contributed by atoms with Crippen molar-refractivity contribution in [1.29, 1.82) is 0 Å². The molecule has 0 saturated carbocycles. The number of pyridine rings is 4. The zero-order valence-corrected chi connectivity index (χ0v) is 26.7. The van der Waals surface area contributed by atoms with E-state index in [0.29, 0.717) is 48.1 Å². The maximum Gasteiger partial charge on any atom is 0.290 e. The number of imidazole rings is 2. The molecule has 6 aromatic heterocycles. The minimum atomic E-state index is -2.66. The highest BCUT2D eigenvalue weighted by molar-refractivity contribution is 6.32. The number of hydrogen-bond donors (Lipinski definition) is 2.